The molecule has 10 nitrogen and oxygen atoms in total. The van der Waals surface area contributed by atoms with Crippen LogP contribution >= 0.6 is 0 Å². The van der Waals surface area contributed by atoms with E-state index in [4.69, 9.17) is 14.6 Å². The maximum absolute atomic E-state index is 12.1. The highest BCUT2D eigenvalue weighted by Gasteiger charge is 2.52. The van der Waals surface area contributed by atoms with E-state index in [9.17, 15) is 34.8 Å². The highest BCUT2D eigenvalue weighted by atomic mass is 16.6. The fraction of sp³-hybridized carbons (Fsp3) is 0.389. The lowest BCUT2D eigenvalue weighted by Gasteiger charge is -2.40. The first-order valence-electron chi connectivity index (χ1n) is 8.23. The summed E-state index contributed by atoms with van der Waals surface area (Å²) in [6.07, 6.45) is -3.28. The topological polar surface area (TPSA) is 171 Å². The number of benzene rings is 1. The average molecular weight is 396 g/mol. The summed E-state index contributed by atoms with van der Waals surface area (Å²) < 4.78 is 10.0. The molecular formula is C18H20O10. The number of aliphatic carboxylic acids is 1. The van der Waals surface area contributed by atoms with Crippen molar-refractivity contribution in [3.63, 3.8) is 0 Å². The minimum absolute atomic E-state index is 0.340. The van der Waals surface area contributed by atoms with Crippen LogP contribution in [-0.4, -0.2) is 67.4 Å². The Labute approximate surface area is 159 Å². The van der Waals surface area contributed by atoms with Crippen molar-refractivity contribution in [2.75, 3.05) is 0 Å². The van der Waals surface area contributed by atoms with Gasteiger partial charge in [-0.2, -0.15) is 0 Å². The number of rotatable bonds is 5. The fourth-order valence-corrected chi connectivity index (χ4v) is 2.87. The van der Waals surface area contributed by atoms with Gasteiger partial charge in [0.2, 0.25) is 0 Å². The molecule has 1 fully saturated rings. The first kappa shape index (κ1) is 21.2. The number of ether oxygens (including phenoxy) is 2. The minimum atomic E-state index is -2.35. The molecule has 0 saturated heterocycles. The summed E-state index contributed by atoms with van der Waals surface area (Å²) in [6, 6.07) is 3.81. The standard InChI is InChI=1S/C18H20O10/c1-9(19)27-16-13(22)7-18(26,17(24)25)8-14(16)28-15(23)5-3-10-2-4-11(20)12(21)6-10/h2-6,13-14,16,20-22,26H,7-8H2,1H3,(H,24,25)/b5-3+. The zero-order chi connectivity index (χ0) is 21.1. The molecule has 0 aliphatic heterocycles. The molecule has 28 heavy (non-hydrogen) atoms. The van der Waals surface area contributed by atoms with Crippen molar-refractivity contribution in [2.24, 2.45) is 0 Å². The van der Waals surface area contributed by atoms with Crippen LogP contribution in [0.1, 0.15) is 25.3 Å². The van der Waals surface area contributed by atoms with Gasteiger partial charge in [0.25, 0.3) is 0 Å². The number of esters is 2. The molecule has 0 heterocycles. The number of carboxylic acid groups (broad SMARTS) is 1. The Kier molecular flexibility index (Phi) is 6.26. The summed E-state index contributed by atoms with van der Waals surface area (Å²) in [7, 11) is 0. The van der Waals surface area contributed by atoms with Crippen molar-refractivity contribution in [1.29, 1.82) is 0 Å². The first-order valence-corrected chi connectivity index (χ1v) is 8.23. The maximum Gasteiger partial charge on any atom is 0.335 e. The minimum Gasteiger partial charge on any atom is -0.504 e. The molecule has 1 aromatic rings. The highest BCUT2D eigenvalue weighted by Crippen LogP contribution is 2.33. The molecular weight excluding hydrogens is 376 g/mol. The first-order chi connectivity index (χ1) is 13.0. The summed E-state index contributed by atoms with van der Waals surface area (Å²) in [4.78, 5) is 34.6. The molecule has 1 aliphatic carbocycles. The van der Waals surface area contributed by atoms with Crippen molar-refractivity contribution >= 4 is 24.0 Å². The van der Waals surface area contributed by atoms with E-state index >= 15 is 0 Å². The molecule has 0 amide bonds. The number of phenols is 2. The number of aliphatic hydroxyl groups excluding tert-OH is 1. The van der Waals surface area contributed by atoms with Crippen LogP contribution in [0.2, 0.25) is 0 Å². The number of carboxylic acids is 1. The van der Waals surface area contributed by atoms with Gasteiger partial charge in [0.15, 0.2) is 23.2 Å². The number of carbonyl (C=O) groups is 3. The predicted molar refractivity (Wildman–Crippen MR) is 92.1 cm³/mol. The molecule has 1 saturated carbocycles. The second-order valence-electron chi connectivity index (χ2n) is 6.44. The van der Waals surface area contributed by atoms with E-state index in [-0.39, 0.29) is 5.75 Å². The van der Waals surface area contributed by atoms with Gasteiger partial charge in [-0.1, -0.05) is 6.07 Å². The van der Waals surface area contributed by atoms with Crippen molar-refractivity contribution in [3.05, 3.63) is 29.8 Å². The Morgan fingerprint density at radius 1 is 1.14 bits per heavy atom. The summed E-state index contributed by atoms with van der Waals surface area (Å²) in [5, 5.41) is 48.1. The summed E-state index contributed by atoms with van der Waals surface area (Å²) in [5.41, 5.74) is -2.00. The van der Waals surface area contributed by atoms with E-state index in [1.165, 1.54) is 24.3 Å². The SMILES string of the molecule is CC(=O)OC1C(O)CC(O)(C(=O)O)CC1OC(=O)/C=C/c1ccc(O)c(O)c1. The van der Waals surface area contributed by atoms with Crippen LogP contribution in [0.5, 0.6) is 11.5 Å². The van der Waals surface area contributed by atoms with Gasteiger partial charge in [0, 0.05) is 25.8 Å². The number of carbonyl (C=O) groups excluding carboxylic acids is 2. The molecule has 1 aliphatic rings. The van der Waals surface area contributed by atoms with Gasteiger partial charge in [-0.3, -0.25) is 4.79 Å². The second kappa shape index (κ2) is 8.28. The van der Waals surface area contributed by atoms with E-state index < -0.39 is 60.4 Å². The molecule has 5 N–H and O–H groups in total. The predicted octanol–water partition coefficient (Wildman–Crippen LogP) is -0.0751. The molecule has 4 atom stereocenters. The number of hydrogen-bond acceptors (Lipinski definition) is 9. The van der Waals surface area contributed by atoms with Gasteiger partial charge in [-0.25, -0.2) is 9.59 Å². The quantitative estimate of drug-likeness (QED) is 0.258. The van der Waals surface area contributed by atoms with E-state index in [1.54, 1.807) is 0 Å². The molecule has 4 unspecified atom stereocenters. The molecule has 0 radical (unpaired) electrons. The van der Waals surface area contributed by atoms with Crippen LogP contribution < -0.4 is 0 Å². The summed E-state index contributed by atoms with van der Waals surface area (Å²) in [6.45, 7) is 1.07. The largest absolute Gasteiger partial charge is 0.504 e. The Balaban J connectivity index is 2.16. The van der Waals surface area contributed by atoms with Gasteiger partial charge in [-0.05, 0) is 23.8 Å². The smallest absolute Gasteiger partial charge is 0.335 e. The van der Waals surface area contributed by atoms with E-state index in [1.807, 2.05) is 0 Å². The molecule has 10 heteroatoms. The second-order valence-corrected chi connectivity index (χ2v) is 6.44. The fourth-order valence-electron chi connectivity index (χ4n) is 2.87. The van der Waals surface area contributed by atoms with E-state index in [2.05, 4.69) is 0 Å². The third-order valence-electron chi connectivity index (χ3n) is 4.21. The molecule has 152 valence electrons. The number of aromatic hydroxyl groups is 2. The molecule has 1 aromatic carbocycles. The van der Waals surface area contributed by atoms with Gasteiger partial charge in [-0.15, -0.1) is 0 Å². The number of phenolic OH excluding ortho intramolecular Hbond substituents is 2. The van der Waals surface area contributed by atoms with Crippen LogP contribution in [0.3, 0.4) is 0 Å². The molecule has 0 spiro atoms. The maximum atomic E-state index is 12.1. The lowest BCUT2D eigenvalue weighted by Crippen LogP contribution is -2.58. The van der Waals surface area contributed by atoms with E-state index in [0.717, 1.165) is 13.0 Å². The lowest BCUT2D eigenvalue weighted by molar-refractivity contribution is -0.205. The van der Waals surface area contributed by atoms with Gasteiger partial charge in [0.05, 0.1) is 6.10 Å². The van der Waals surface area contributed by atoms with Gasteiger partial charge >= 0.3 is 17.9 Å². The van der Waals surface area contributed by atoms with E-state index in [0.29, 0.717) is 5.56 Å². The van der Waals surface area contributed by atoms with Crippen molar-refractivity contribution in [3.8, 4) is 11.5 Å². The number of aliphatic hydroxyl groups is 2. The monoisotopic (exact) mass is 396 g/mol. The Bertz CT molecular complexity index is 802. The third kappa shape index (κ3) is 4.99. The number of hydrogen-bond donors (Lipinski definition) is 5. The van der Waals surface area contributed by atoms with Crippen LogP contribution in [0, 0.1) is 0 Å². The zero-order valence-corrected chi connectivity index (χ0v) is 14.8. The Morgan fingerprint density at radius 2 is 1.82 bits per heavy atom. The normalized spacial score (nSPS) is 27.3. The molecule has 0 bridgehead atoms. The lowest BCUT2D eigenvalue weighted by atomic mass is 9.79. The molecule has 0 aromatic heterocycles. The molecule has 2 rings (SSSR count). The highest BCUT2D eigenvalue weighted by molar-refractivity contribution is 5.87. The van der Waals surface area contributed by atoms with Crippen molar-refractivity contribution in [1.82, 2.24) is 0 Å². The van der Waals surface area contributed by atoms with Crippen LogP contribution in [0.4, 0.5) is 0 Å². The van der Waals surface area contributed by atoms with Gasteiger partial charge < -0.3 is 35.0 Å². The average Bonchev–Trinajstić information content (AvgIpc) is 2.58. The summed E-state index contributed by atoms with van der Waals surface area (Å²) >= 11 is 0. The van der Waals surface area contributed by atoms with Gasteiger partial charge in [0.1, 0.15) is 6.10 Å². The van der Waals surface area contributed by atoms with Crippen molar-refractivity contribution < 1.29 is 49.4 Å². The van der Waals surface area contributed by atoms with Crippen LogP contribution in [0.15, 0.2) is 24.3 Å². The van der Waals surface area contributed by atoms with Crippen molar-refractivity contribution in [2.45, 2.75) is 43.7 Å². The third-order valence-corrected chi connectivity index (χ3v) is 4.21. The van der Waals surface area contributed by atoms with Crippen LogP contribution in [0.25, 0.3) is 6.08 Å². The zero-order valence-electron chi connectivity index (χ0n) is 14.8. The Hall–Kier alpha value is -3.11. The van der Waals surface area contributed by atoms with Crippen LogP contribution in [-0.2, 0) is 23.9 Å². The Morgan fingerprint density at radius 3 is 2.39 bits per heavy atom. The summed E-state index contributed by atoms with van der Waals surface area (Å²) in [5.74, 6) is -4.08.